The number of amides is 2. The second-order valence-electron chi connectivity index (χ2n) is 2.90. The molecule has 1 heterocycles. The average Bonchev–Trinajstić information content (AvgIpc) is 2.26. The van der Waals surface area contributed by atoms with E-state index in [1.807, 2.05) is 0 Å². The van der Waals surface area contributed by atoms with Crippen LogP contribution in [0.2, 0.25) is 0 Å². The molecule has 0 unspecified atom stereocenters. The van der Waals surface area contributed by atoms with Crippen molar-refractivity contribution < 1.29 is 9.59 Å². The van der Waals surface area contributed by atoms with Crippen LogP contribution in [-0.4, -0.2) is 35.4 Å². The van der Waals surface area contributed by atoms with Crippen molar-refractivity contribution in [3.63, 3.8) is 0 Å². The number of hydrogen-bond donors (Lipinski definition) is 2. The molecule has 15 heavy (non-hydrogen) atoms. The molecule has 0 aliphatic carbocycles. The van der Waals surface area contributed by atoms with Gasteiger partial charge in [-0.2, -0.15) is 0 Å². The van der Waals surface area contributed by atoms with Crippen LogP contribution in [0, 0.1) is 6.92 Å². The number of rotatable bonds is 3. The van der Waals surface area contributed by atoms with Crippen LogP contribution in [-0.2, 0) is 4.79 Å². The zero-order valence-electron chi connectivity index (χ0n) is 8.57. The molecule has 0 saturated heterocycles. The van der Waals surface area contributed by atoms with Gasteiger partial charge in [-0.25, -0.2) is 4.98 Å². The summed E-state index contributed by atoms with van der Waals surface area (Å²) in [5, 5.41) is 4.81. The first-order valence-corrected chi connectivity index (χ1v) is 4.41. The molecule has 1 aromatic heterocycles. The summed E-state index contributed by atoms with van der Waals surface area (Å²) in [6, 6.07) is 0. The van der Waals surface area contributed by atoms with Crippen LogP contribution in [0.3, 0.4) is 0 Å². The maximum Gasteiger partial charge on any atom is 0.271 e. The molecule has 0 bridgehead atoms. The van der Waals surface area contributed by atoms with Crippen LogP contribution in [0.4, 0.5) is 0 Å². The van der Waals surface area contributed by atoms with E-state index in [1.165, 1.54) is 19.4 Å². The number of hydrogen-bond acceptors (Lipinski definition) is 4. The zero-order chi connectivity index (χ0) is 11.3. The maximum absolute atomic E-state index is 11.4. The van der Waals surface area contributed by atoms with Crippen LogP contribution < -0.4 is 10.6 Å². The summed E-state index contributed by atoms with van der Waals surface area (Å²) >= 11 is 0. The Morgan fingerprint density at radius 2 is 2.07 bits per heavy atom. The standard InChI is InChI=1S/C9H12N4O2/c1-6-3-12-7(4-11-6)9(15)13-5-8(14)10-2/h3-4H,5H2,1-2H3,(H,10,14)(H,13,15). The highest BCUT2D eigenvalue weighted by Gasteiger charge is 2.08. The second-order valence-corrected chi connectivity index (χ2v) is 2.90. The summed E-state index contributed by atoms with van der Waals surface area (Å²) in [6.45, 7) is 1.71. The van der Waals surface area contributed by atoms with E-state index < -0.39 is 5.91 Å². The van der Waals surface area contributed by atoms with Gasteiger partial charge in [-0.3, -0.25) is 14.6 Å². The van der Waals surface area contributed by atoms with E-state index in [2.05, 4.69) is 20.6 Å². The van der Waals surface area contributed by atoms with Gasteiger partial charge in [0.1, 0.15) is 5.69 Å². The molecule has 0 spiro atoms. The first-order valence-electron chi connectivity index (χ1n) is 4.41. The SMILES string of the molecule is CNC(=O)CNC(=O)c1cnc(C)cn1. The van der Waals surface area contributed by atoms with Gasteiger partial charge in [-0.05, 0) is 6.92 Å². The molecule has 0 radical (unpaired) electrons. The molecule has 0 saturated carbocycles. The third kappa shape index (κ3) is 3.34. The average molecular weight is 208 g/mol. The molecular weight excluding hydrogens is 196 g/mol. The number of aromatic nitrogens is 2. The molecule has 2 N–H and O–H groups in total. The molecular formula is C9H12N4O2. The van der Waals surface area contributed by atoms with Crippen molar-refractivity contribution in [1.29, 1.82) is 0 Å². The van der Waals surface area contributed by atoms with Crippen molar-refractivity contribution in [3.8, 4) is 0 Å². The van der Waals surface area contributed by atoms with E-state index in [1.54, 1.807) is 6.92 Å². The third-order valence-electron chi connectivity index (χ3n) is 1.70. The number of carbonyl (C=O) groups is 2. The predicted molar refractivity (Wildman–Crippen MR) is 53.2 cm³/mol. The summed E-state index contributed by atoms with van der Waals surface area (Å²) in [5.41, 5.74) is 0.933. The molecule has 1 aromatic rings. The summed E-state index contributed by atoms with van der Waals surface area (Å²) in [5.74, 6) is -0.672. The van der Waals surface area contributed by atoms with Crippen LogP contribution in [0.25, 0.3) is 0 Å². The van der Waals surface area contributed by atoms with Gasteiger partial charge in [-0.15, -0.1) is 0 Å². The Morgan fingerprint density at radius 3 is 2.60 bits per heavy atom. The van der Waals surface area contributed by atoms with Gasteiger partial charge in [0.2, 0.25) is 5.91 Å². The first-order chi connectivity index (χ1) is 7.13. The van der Waals surface area contributed by atoms with Crippen molar-refractivity contribution in [2.24, 2.45) is 0 Å². The van der Waals surface area contributed by atoms with E-state index in [0.29, 0.717) is 0 Å². The van der Waals surface area contributed by atoms with Crippen molar-refractivity contribution >= 4 is 11.8 Å². The van der Waals surface area contributed by atoms with Gasteiger partial charge in [0, 0.05) is 13.2 Å². The van der Waals surface area contributed by atoms with Crippen molar-refractivity contribution in [2.75, 3.05) is 13.6 Å². The van der Waals surface area contributed by atoms with Crippen molar-refractivity contribution in [3.05, 3.63) is 23.8 Å². The van der Waals surface area contributed by atoms with E-state index in [9.17, 15) is 9.59 Å². The van der Waals surface area contributed by atoms with Gasteiger partial charge in [-0.1, -0.05) is 0 Å². The Labute approximate surface area is 87.1 Å². The lowest BCUT2D eigenvalue weighted by Crippen LogP contribution is -2.35. The highest BCUT2D eigenvalue weighted by molar-refractivity contribution is 5.94. The molecule has 0 atom stereocenters. The Kier molecular flexibility index (Phi) is 3.73. The maximum atomic E-state index is 11.4. The molecule has 6 nitrogen and oxygen atoms in total. The number of aryl methyl sites for hydroxylation is 1. The van der Waals surface area contributed by atoms with Gasteiger partial charge >= 0.3 is 0 Å². The smallest absolute Gasteiger partial charge is 0.271 e. The Morgan fingerprint density at radius 1 is 1.33 bits per heavy atom. The Bertz CT molecular complexity index is 361. The minimum Gasteiger partial charge on any atom is -0.358 e. The highest BCUT2D eigenvalue weighted by atomic mass is 16.2. The van der Waals surface area contributed by atoms with Gasteiger partial charge in [0.25, 0.3) is 5.91 Å². The van der Waals surface area contributed by atoms with Crippen LogP contribution in [0.15, 0.2) is 12.4 Å². The predicted octanol–water partition coefficient (Wildman–Crippen LogP) is -0.739. The van der Waals surface area contributed by atoms with Gasteiger partial charge in [0.15, 0.2) is 0 Å². The lowest BCUT2D eigenvalue weighted by molar-refractivity contribution is -0.119. The monoisotopic (exact) mass is 208 g/mol. The second kappa shape index (κ2) is 5.04. The lowest BCUT2D eigenvalue weighted by atomic mass is 10.4. The molecule has 0 fully saturated rings. The number of likely N-dealkylation sites (N-methyl/N-ethyl adjacent to an activating group) is 1. The van der Waals surface area contributed by atoms with Gasteiger partial charge < -0.3 is 10.6 Å². The molecule has 6 heteroatoms. The fourth-order valence-electron chi connectivity index (χ4n) is 0.849. The molecule has 0 aliphatic heterocycles. The Balaban J connectivity index is 2.54. The lowest BCUT2D eigenvalue weighted by Gasteiger charge is -2.02. The highest BCUT2D eigenvalue weighted by Crippen LogP contribution is 1.93. The number of carbonyl (C=O) groups excluding carboxylic acids is 2. The molecule has 2 amide bonds. The largest absolute Gasteiger partial charge is 0.358 e. The minimum absolute atomic E-state index is 0.0646. The zero-order valence-corrected chi connectivity index (χ0v) is 8.57. The molecule has 0 aliphatic rings. The molecule has 0 aromatic carbocycles. The Hall–Kier alpha value is -1.98. The fourth-order valence-corrected chi connectivity index (χ4v) is 0.849. The third-order valence-corrected chi connectivity index (χ3v) is 1.70. The normalized spacial score (nSPS) is 9.47. The quantitative estimate of drug-likeness (QED) is 0.685. The van der Waals surface area contributed by atoms with Crippen LogP contribution >= 0.6 is 0 Å². The summed E-state index contributed by atoms with van der Waals surface area (Å²) in [4.78, 5) is 30.0. The van der Waals surface area contributed by atoms with Crippen LogP contribution in [0.1, 0.15) is 16.2 Å². The number of nitrogens with zero attached hydrogens (tertiary/aromatic N) is 2. The summed E-state index contributed by atoms with van der Waals surface area (Å²) in [6.07, 6.45) is 2.86. The molecule has 80 valence electrons. The van der Waals surface area contributed by atoms with Crippen molar-refractivity contribution in [1.82, 2.24) is 20.6 Å². The van der Waals surface area contributed by atoms with E-state index in [-0.39, 0.29) is 18.1 Å². The summed E-state index contributed by atoms with van der Waals surface area (Å²) in [7, 11) is 1.50. The fraction of sp³-hybridized carbons (Fsp3) is 0.333. The van der Waals surface area contributed by atoms with Crippen molar-refractivity contribution in [2.45, 2.75) is 6.92 Å². The van der Waals surface area contributed by atoms with E-state index >= 15 is 0 Å². The summed E-state index contributed by atoms with van der Waals surface area (Å²) < 4.78 is 0. The van der Waals surface area contributed by atoms with Gasteiger partial charge in [0.05, 0.1) is 18.4 Å². The number of nitrogens with one attached hydrogen (secondary N) is 2. The topological polar surface area (TPSA) is 84.0 Å². The van der Waals surface area contributed by atoms with E-state index in [0.717, 1.165) is 5.69 Å². The first kappa shape index (κ1) is 11.1. The minimum atomic E-state index is -0.411. The molecule has 1 rings (SSSR count). The van der Waals surface area contributed by atoms with Crippen LogP contribution in [0.5, 0.6) is 0 Å². The van der Waals surface area contributed by atoms with E-state index in [4.69, 9.17) is 0 Å².